The van der Waals surface area contributed by atoms with Gasteiger partial charge in [-0.1, -0.05) is 25.1 Å². The highest BCUT2D eigenvalue weighted by Gasteiger charge is 2.30. The van der Waals surface area contributed by atoms with Crippen molar-refractivity contribution in [2.45, 2.75) is 66.1 Å². The van der Waals surface area contributed by atoms with Crippen molar-refractivity contribution in [3.63, 3.8) is 0 Å². The van der Waals surface area contributed by atoms with E-state index >= 15 is 0 Å². The number of para-hydroxylation sites is 1. The van der Waals surface area contributed by atoms with Gasteiger partial charge < -0.3 is 14.8 Å². The maximum atomic E-state index is 13.9. The largest absolute Gasteiger partial charge is 0.491 e. The molecular weight excluding hydrogens is 508 g/mol. The number of ether oxygens (including phenoxy) is 2. The number of aromatic nitrogens is 1. The monoisotopic (exact) mass is 542 g/mol. The number of thiophene rings is 1. The highest BCUT2D eigenvalue weighted by molar-refractivity contribution is 7.17. The van der Waals surface area contributed by atoms with Crippen LogP contribution in [-0.2, 0) is 17.6 Å². The molecule has 0 aliphatic heterocycles. The fraction of sp³-hybridized carbons (Fsp3) is 0.344. The summed E-state index contributed by atoms with van der Waals surface area (Å²) in [6, 6.07) is 17.2. The Labute approximate surface area is 233 Å². The van der Waals surface area contributed by atoms with E-state index in [9.17, 15) is 9.59 Å². The number of rotatable bonds is 7. The van der Waals surface area contributed by atoms with Crippen LogP contribution >= 0.6 is 11.3 Å². The van der Waals surface area contributed by atoms with Gasteiger partial charge in [0.2, 0.25) is 0 Å². The fourth-order valence-corrected chi connectivity index (χ4v) is 6.38. The number of fused-ring (bicyclic) bond motifs is 2. The first-order chi connectivity index (χ1) is 18.7. The van der Waals surface area contributed by atoms with Gasteiger partial charge in [0.25, 0.3) is 5.91 Å². The van der Waals surface area contributed by atoms with E-state index in [1.54, 1.807) is 0 Å². The molecule has 5 rings (SSSR count). The molecule has 2 aromatic carbocycles. The van der Waals surface area contributed by atoms with Gasteiger partial charge in [-0.2, -0.15) is 0 Å². The van der Waals surface area contributed by atoms with Crippen molar-refractivity contribution in [3.05, 3.63) is 76.2 Å². The molecule has 0 radical (unpaired) electrons. The summed E-state index contributed by atoms with van der Waals surface area (Å²) < 4.78 is 11.4. The van der Waals surface area contributed by atoms with Crippen LogP contribution in [0.3, 0.4) is 0 Å². The van der Waals surface area contributed by atoms with Crippen molar-refractivity contribution < 1.29 is 19.1 Å². The molecule has 1 amide bonds. The molecule has 6 nitrogen and oxygen atoms in total. The minimum absolute atomic E-state index is 0.0822. The lowest BCUT2D eigenvalue weighted by Gasteiger charge is -2.19. The molecule has 0 fully saturated rings. The average Bonchev–Trinajstić information content (AvgIpc) is 3.24. The third kappa shape index (κ3) is 5.83. The molecule has 1 aliphatic rings. The zero-order chi connectivity index (χ0) is 27.7. The molecule has 0 saturated heterocycles. The van der Waals surface area contributed by atoms with Crippen LogP contribution in [0.2, 0.25) is 0 Å². The summed E-state index contributed by atoms with van der Waals surface area (Å²) in [4.78, 5) is 33.0. The number of carbonyl (C=O) groups is 2. The number of nitrogens with one attached hydrogen (secondary N) is 1. The minimum atomic E-state index is -0.378. The molecular formula is C32H34N2O4S. The van der Waals surface area contributed by atoms with E-state index in [2.05, 4.69) is 12.2 Å². The SMILES string of the molecule is CC(C)OC(=O)c1c(NC(=O)c2cc(-c3ccc(OC(C)C)cc3)nc3ccccc23)sc2c1CC[C@@H](C)C2. The molecule has 39 heavy (non-hydrogen) atoms. The second-order valence-electron chi connectivity index (χ2n) is 10.7. The molecule has 202 valence electrons. The normalized spacial score (nSPS) is 14.9. The van der Waals surface area contributed by atoms with Gasteiger partial charge in [-0.05, 0) is 94.8 Å². The van der Waals surface area contributed by atoms with Gasteiger partial charge in [0, 0.05) is 15.8 Å². The Morgan fingerprint density at radius 3 is 2.49 bits per heavy atom. The number of benzene rings is 2. The molecule has 0 bridgehead atoms. The molecule has 2 heterocycles. The number of hydrogen-bond donors (Lipinski definition) is 1. The summed E-state index contributed by atoms with van der Waals surface area (Å²) in [7, 11) is 0. The van der Waals surface area contributed by atoms with E-state index in [0.717, 1.165) is 51.9 Å². The topological polar surface area (TPSA) is 77.5 Å². The first-order valence-corrected chi connectivity index (χ1v) is 14.3. The predicted molar refractivity (Wildman–Crippen MR) is 157 cm³/mol. The summed E-state index contributed by atoms with van der Waals surface area (Å²) >= 11 is 1.49. The van der Waals surface area contributed by atoms with E-state index in [4.69, 9.17) is 14.5 Å². The fourth-order valence-electron chi connectivity index (χ4n) is 4.99. The highest BCUT2D eigenvalue weighted by Crippen LogP contribution is 2.40. The third-order valence-corrected chi connectivity index (χ3v) is 7.94. The van der Waals surface area contributed by atoms with Crippen molar-refractivity contribution in [1.82, 2.24) is 4.98 Å². The van der Waals surface area contributed by atoms with Crippen LogP contribution in [0.25, 0.3) is 22.2 Å². The van der Waals surface area contributed by atoms with Crippen LogP contribution in [0, 0.1) is 5.92 Å². The van der Waals surface area contributed by atoms with Crippen LogP contribution in [0.5, 0.6) is 5.75 Å². The van der Waals surface area contributed by atoms with Crippen molar-refractivity contribution >= 4 is 39.1 Å². The second kappa shape index (κ2) is 11.2. The summed E-state index contributed by atoms with van der Waals surface area (Å²) in [5.41, 5.74) is 4.31. The number of pyridine rings is 1. The van der Waals surface area contributed by atoms with Gasteiger partial charge in [0.05, 0.1) is 34.5 Å². The Hall–Kier alpha value is -3.71. The standard InChI is InChI=1S/C32H34N2O4S/c1-18(2)37-22-13-11-21(12-14-22)27-17-25(23-8-6-7-9-26(23)33-27)30(35)34-31-29(32(36)38-19(3)4)24-15-10-20(5)16-28(24)39-31/h6-9,11-14,17-20H,10,15-16H2,1-5H3,(H,34,35)/t20-/m1/s1. The lowest BCUT2D eigenvalue weighted by Crippen LogP contribution is -2.19. The Balaban J connectivity index is 1.53. The minimum Gasteiger partial charge on any atom is -0.491 e. The van der Waals surface area contributed by atoms with E-state index < -0.39 is 0 Å². The Morgan fingerprint density at radius 1 is 1.03 bits per heavy atom. The molecule has 4 aromatic rings. The molecule has 0 spiro atoms. The Kier molecular flexibility index (Phi) is 7.71. The van der Waals surface area contributed by atoms with Gasteiger partial charge in [-0.25, -0.2) is 9.78 Å². The molecule has 1 N–H and O–H groups in total. The summed E-state index contributed by atoms with van der Waals surface area (Å²) in [5.74, 6) is 0.665. The van der Waals surface area contributed by atoms with E-state index in [1.165, 1.54) is 11.3 Å². The lowest BCUT2D eigenvalue weighted by molar-refractivity contribution is 0.0378. The lowest BCUT2D eigenvalue weighted by atomic mass is 9.88. The van der Waals surface area contributed by atoms with E-state index in [1.807, 2.05) is 82.3 Å². The average molecular weight is 543 g/mol. The number of carbonyl (C=O) groups excluding carboxylic acids is 2. The van der Waals surface area contributed by atoms with Crippen molar-refractivity contribution in [2.24, 2.45) is 5.92 Å². The maximum Gasteiger partial charge on any atom is 0.341 e. The van der Waals surface area contributed by atoms with Gasteiger partial charge in [-0.15, -0.1) is 11.3 Å². The number of hydrogen-bond acceptors (Lipinski definition) is 6. The van der Waals surface area contributed by atoms with Crippen LogP contribution in [0.1, 0.15) is 72.2 Å². The maximum absolute atomic E-state index is 13.9. The molecule has 7 heteroatoms. The van der Waals surface area contributed by atoms with Crippen LogP contribution in [0.15, 0.2) is 54.6 Å². The number of anilines is 1. The van der Waals surface area contributed by atoms with Crippen LogP contribution in [0.4, 0.5) is 5.00 Å². The molecule has 1 aliphatic carbocycles. The highest BCUT2D eigenvalue weighted by atomic mass is 32.1. The Bertz CT molecular complexity index is 1520. The van der Waals surface area contributed by atoms with Gasteiger partial charge in [0.1, 0.15) is 10.8 Å². The summed E-state index contributed by atoms with van der Waals surface area (Å²) in [6.07, 6.45) is 2.56. The predicted octanol–water partition coefficient (Wildman–Crippen LogP) is 7.69. The molecule has 0 saturated carbocycles. The zero-order valence-corrected chi connectivity index (χ0v) is 23.9. The van der Waals surface area contributed by atoms with Crippen molar-refractivity contribution in [3.8, 4) is 17.0 Å². The Morgan fingerprint density at radius 2 is 1.77 bits per heavy atom. The summed E-state index contributed by atoms with van der Waals surface area (Å²) in [6.45, 7) is 9.87. The number of esters is 1. The van der Waals surface area contributed by atoms with Crippen LogP contribution in [-0.4, -0.2) is 29.1 Å². The van der Waals surface area contributed by atoms with Gasteiger partial charge in [0.15, 0.2) is 0 Å². The summed E-state index contributed by atoms with van der Waals surface area (Å²) in [5, 5.41) is 4.39. The molecule has 1 atom stereocenters. The zero-order valence-electron chi connectivity index (χ0n) is 23.0. The van der Waals surface area contributed by atoms with Crippen LogP contribution < -0.4 is 10.1 Å². The number of nitrogens with zero attached hydrogens (tertiary/aromatic N) is 1. The first-order valence-electron chi connectivity index (χ1n) is 13.5. The third-order valence-electron chi connectivity index (χ3n) is 6.77. The number of amides is 1. The van der Waals surface area contributed by atoms with Crippen molar-refractivity contribution in [1.29, 1.82) is 0 Å². The van der Waals surface area contributed by atoms with Gasteiger partial charge in [-0.3, -0.25) is 4.79 Å². The first kappa shape index (κ1) is 26.9. The van der Waals surface area contributed by atoms with E-state index in [0.29, 0.717) is 27.7 Å². The second-order valence-corrected chi connectivity index (χ2v) is 11.8. The van der Waals surface area contributed by atoms with E-state index in [-0.39, 0.29) is 24.1 Å². The smallest absolute Gasteiger partial charge is 0.341 e. The quantitative estimate of drug-likeness (QED) is 0.242. The molecule has 2 aromatic heterocycles. The molecule has 0 unspecified atom stereocenters. The van der Waals surface area contributed by atoms with Gasteiger partial charge >= 0.3 is 5.97 Å². The van der Waals surface area contributed by atoms with Crippen molar-refractivity contribution in [2.75, 3.05) is 5.32 Å².